The summed E-state index contributed by atoms with van der Waals surface area (Å²) in [5.74, 6) is -0.884. The summed E-state index contributed by atoms with van der Waals surface area (Å²) in [6, 6.07) is 2.85. The number of aromatic hydroxyl groups is 1. The summed E-state index contributed by atoms with van der Waals surface area (Å²) in [5.41, 5.74) is 2.17. The van der Waals surface area contributed by atoms with Crippen molar-refractivity contribution in [1.82, 2.24) is 0 Å². The Hall–Kier alpha value is -2.98. The third-order valence-corrected chi connectivity index (χ3v) is 5.17. The van der Waals surface area contributed by atoms with Gasteiger partial charge < -0.3 is 34.6 Å². The van der Waals surface area contributed by atoms with Gasteiger partial charge in [0.05, 0.1) is 19.0 Å². The summed E-state index contributed by atoms with van der Waals surface area (Å²) < 4.78 is 29.3. The number of aryl methyl sites for hydroxylation is 1. The van der Waals surface area contributed by atoms with E-state index in [1.54, 1.807) is 25.3 Å². The van der Waals surface area contributed by atoms with E-state index in [0.717, 1.165) is 11.1 Å². The fourth-order valence-corrected chi connectivity index (χ4v) is 3.35. The maximum Gasteiger partial charge on any atom is 0.229 e. The predicted octanol–water partition coefficient (Wildman–Crippen LogP) is 3.04. The van der Waals surface area contributed by atoms with E-state index in [0.29, 0.717) is 18.6 Å². The Labute approximate surface area is 204 Å². The molecular weight excluding hydrogens is 459 g/mol. The zero-order valence-electron chi connectivity index (χ0n) is 19.9. The number of ether oxygens (including phenoxy) is 3. The van der Waals surface area contributed by atoms with Crippen molar-refractivity contribution in [1.29, 1.82) is 0 Å². The molecule has 192 valence electrons. The van der Waals surface area contributed by atoms with Crippen molar-refractivity contribution < 1.29 is 43.8 Å². The van der Waals surface area contributed by atoms with Gasteiger partial charge in [0.15, 0.2) is 5.78 Å². The summed E-state index contributed by atoms with van der Waals surface area (Å²) >= 11 is 0. The number of carbonyl (C=O) groups is 1. The van der Waals surface area contributed by atoms with Gasteiger partial charge in [-0.25, -0.2) is 4.39 Å². The molecule has 0 spiro atoms. The monoisotopic (exact) mass is 492 g/mol. The number of hydrogen-bond acceptors (Lipinski definition) is 8. The lowest BCUT2D eigenvalue weighted by Gasteiger charge is -2.29. The number of ketones is 1. The van der Waals surface area contributed by atoms with Gasteiger partial charge in [0.25, 0.3) is 0 Å². The topological polar surface area (TPSA) is 126 Å². The molecule has 0 aromatic heterocycles. The summed E-state index contributed by atoms with van der Waals surface area (Å²) in [4.78, 5) is 13.2. The molecule has 0 fully saturated rings. The van der Waals surface area contributed by atoms with Gasteiger partial charge in [-0.2, -0.15) is 0 Å². The third kappa shape index (κ3) is 8.32. The number of hydrogen-bond donors (Lipinski definition) is 4. The molecule has 4 N–H and O–H groups in total. The zero-order valence-corrected chi connectivity index (χ0v) is 19.9. The summed E-state index contributed by atoms with van der Waals surface area (Å²) in [6.07, 6.45) is 2.92. The van der Waals surface area contributed by atoms with Gasteiger partial charge in [0.2, 0.25) is 6.29 Å². The Morgan fingerprint density at radius 3 is 2.66 bits per heavy atom. The highest BCUT2D eigenvalue weighted by molar-refractivity contribution is 6.01. The normalized spacial score (nSPS) is 18.1. The molecule has 4 unspecified atom stereocenters. The molecule has 0 radical (unpaired) electrons. The van der Waals surface area contributed by atoms with Crippen LogP contribution < -0.4 is 4.74 Å². The summed E-state index contributed by atoms with van der Waals surface area (Å²) in [5, 5.41) is 39.9. The van der Waals surface area contributed by atoms with E-state index in [9.17, 15) is 29.6 Å². The average molecular weight is 493 g/mol. The second-order valence-electron chi connectivity index (χ2n) is 8.22. The van der Waals surface area contributed by atoms with Crippen molar-refractivity contribution >= 4 is 5.78 Å². The number of carbonyl (C=O) groups excluding carboxylic acids is 1. The van der Waals surface area contributed by atoms with Gasteiger partial charge in [0.1, 0.15) is 42.6 Å². The smallest absolute Gasteiger partial charge is 0.229 e. The van der Waals surface area contributed by atoms with Crippen molar-refractivity contribution in [2.45, 2.75) is 51.3 Å². The van der Waals surface area contributed by atoms with Crippen LogP contribution in [0.4, 0.5) is 4.39 Å². The highest BCUT2D eigenvalue weighted by Gasteiger charge is 2.32. The molecule has 1 aromatic rings. The lowest BCUT2D eigenvalue weighted by atomic mass is 9.98. The Morgan fingerprint density at radius 1 is 1.31 bits per heavy atom. The number of aliphatic hydroxyl groups is 3. The molecule has 1 aliphatic heterocycles. The van der Waals surface area contributed by atoms with E-state index in [1.165, 1.54) is 19.1 Å². The average Bonchev–Trinajstić information content (AvgIpc) is 3.33. The van der Waals surface area contributed by atoms with Crippen LogP contribution in [0.25, 0.3) is 0 Å². The van der Waals surface area contributed by atoms with Crippen LogP contribution in [0.5, 0.6) is 11.5 Å². The van der Waals surface area contributed by atoms with Crippen LogP contribution in [0.15, 0.2) is 60.4 Å². The van der Waals surface area contributed by atoms with Crippen molar-refractivity contribution in [2.75, 3.05) is 19.9 Å². The number of halogens is 1. The SMILES string of the molecule is C=CC=C(C=C1C=COC1)CCC(=O)c1c(O)cc(C)cc1OC(OC(C)CO)C(O)C(O)CF. The molecule has 0 amide bonds. The van der Waals surface area contributed by atoms with Gasteiger partial charge in [-0.05, 0) is 55.2 Å². The van der Waals surface area contributed by atoms with E-state index < -0.39 is 43.7 Å². The van der Waals surface area contributed by atoms with Gasteiger partial charge in [-0.3, -0.25) is 4.79 Å². The van der Waals surface area contributed by atoms with Crippen LogP contribution in [0.3, 0.4) is 0 Å². The molecule has 0 aliphatic carbocycles. The van der Waals surface area contributed by atoms with Crippen LogP contribution >= 0.6 is 0 Å². The highest BCUT2D eigenvalue weighted by Crippen LogP contribution is 2.33. The minimum absolute atomic E-state index is 0.00916. The fourth-order valence-electron chi connectivity index (χ4n) is 3.35. The van der Waals surface area contributed by atoms with Crippen LogP contribution in [0.2, 0.25) is 0 Å². The second kappa shape index (κ2) is 13.8. The number of Topliss-reactive ketones (excluding diaryl/α,β-unsaturated/α-hetero) is 1. The molecule has 1 aromatic carbocycles. The van der Waals surface area contributed by atoms with E-state index >= 15 is 0 Å². The number of allylic oxidation sites excluding steroid dienone is 4. The first-order chi connectivity index (χ1) is 16.7. The molecule has 8 nitrogen and oxygen atoms in total. The van der Waals surface area contributed by atoms with Crippen LogP contribution in [-0.4, -0.2) is 70.7 Å². The molecule has 0 saturated heterocycles. The lowest BCUT2D eigenvalue weighted by molar-refractivity contribution is -0.199. The first-order valence-electron chi connectivity index (χ1n) is 11.2. The molecule has 1 heterocycles. The Kier molecular flexibility index (Phi) is 11.1. The molecule has 35 heavy (non-hydrogen) atoms. The number of alkyl halides is 1. The largest absolute Gasteiger partial charge is 0.507 e. The second-order valence-corrected chi connectivity index (χ2v) is 8.22. The van der Waals surface area contributed by atoms with Gasteiger partial charge in [0, 0.05) is 6.42 Å². The highest BCUT2D eigenvalue weighted by atomic mass is 19.1. The standard InChI is InChI=1S/C26H33FO8/c1-4-5-18(12-19-8-9-33-15-19)6-7-20(29)24-21(30)10-16(2)11-23(24)35-26(34-17(3)14-28)25(32)22(31)13-27/h4-5,8-12,17,22,25-26,28,30-32H,1,6-7,13-15H2,2-3H3. The molecular formula is C26H33FO8. The van der Waals surface area contributed by atoms with Crippen molar-refractivity contribution in [3.05, 3.63) is 71.6 Å². The van der Waals surface area contributed by atoms with Crippen molar-refractivity contribution in [3.8, 4) is 11.5 Å². The van der Waals surface area contributed by atoms with Gasteiger partial charge in [-0.15, -0.1) is 0 Å². The van der Waals surface area contributed by atoms with Crippen molar-refractivity contribution in [2.24, 2.45) is 0 Å². The number of rotatable bonds is 14. The Balaban J connectivity index is 2.31. The molecule has 0 bridgehead atoms. The molecule has 9 heteroatoms. The quantitative estimate of drug-likeness (QED) is 0.177. The number of aliphatic hydroxyl groups excluding tert-OH is 3. The van der Waals surface area contributed by atoms with Gasteiger partial charge >= 0.3 is 0 Å². The molecule has 2 rings (SSSR count). The third-order valence-electron chi connectivity index (χ3n) is 5.17. The fraction of sp³-hybridized carbons (Fsp3) is 0.423. The Morgan fingerprint density at radius 2 is 2.06 bits per heavy atom. The van der Waals surface area contributed by atoms with E-state index in [-0.39, 0.29) is 23.5 Å². The van der Waals surface area contributed by atoms with Crippen molar-refractivity contribution in [3.63, 3.8) is 0 Å². The maximum atomic E-state index is 13.2. The van der Waals surface area contributed by atoms with E-state index in [2.05, 4.69) is 6.58 Å². The number of phenolic OH excluding ortho intramolecular Hbond substituents is 1. The first-order valence-corrected chi connectivity index (χ1v) is 11.2. The van der Waals surface area contributed by atoms with Crippen LogP contribution in [0, 0.1) is 6.92 Å². The van der Waals surface area contributed by atoms with E-state index in [1.807, 2.05) is 12.2 Å². The Bertz CT molecular complexity index is 968. The summed E-state index contributed by atoms with van der Waals surface area (Å²) in [6.45, 7) is 5.57. The predicted molar refractivity (Wildman–Crippen MR) is 128 cm³/mol. The molecule has 0 saturated carbocycles. The van der Waals surface area contributed by atoms with Crippen LogP contribution in [-0.2, 0) is 9.47 Å². The number of benzene rings is 1. The summed E-state index contributed by atoms with van der Waals surface area (Å²) in [7, 11) is 0. The zero-order chi connectivity index (χ0) is 26.0. The minimum atomic E-state index is -1.82. The maximum absolute atomic E-state index is 13.2. The van der Waals surface area contributed by atoms with E-state index in [4.69, 9.17) is 14.2 Å². The van der Waals surface area contributed by atoms with Crippen LogP contribution in [0.1, 0.15) is 35.7 Å². The first kappa shape index (κ1) is 28.3. The number of phenols is 1. The molecule has 4 atom stereocenters. The minimum Gasteiger partial charge on any atom is -0.507 e. The molecule has 1 aliphatic rings. The lowest BCUT2D eigenvalue weighted by Crippen LogP contribution is -2.45. The van der Waals surface area contributed by atoms with Gasteiger partial charge in [-0.1, -0.05) is 24.8 Å².